The van der Waals surface area contributed by atoms with Crippen LogP contribution in [-0.2, 0) is 6.54 Å². The first-order valence-electron chi connectivity index (χ1n) is 7.25. The molecule has 3 rings (SSSR count). The number of nitrogens with one attached hydrogen (secondary N) is 1. The summed E-state index contributed by atoms with van der Waals surface area (Å²) in [6.07, 6.45) is 3.72. The fourth-order valence-electron chi connectivity index (χ4n) is 3.47. The minimum atomic E-state index is -0.310. The number of anilines is 1. The van der Waals surface area contributed by atoms with E-state index in [1.165, 1.54) is 0 Å². The van der Waals surface area contributed by atoms with Crippen LogP contribution >= 0.6 is 0 Å². The number of aliphatic hydroxyl groups excluding tert-OH is 1. The number of aromatic amines is 1. The molecule has 1 aliphatic carbocycles. The molecule has 4 N–H and O–H groups in total. The smallest absolute Gasteiger partial charge is 0.280 e. The fourth-order valence-corrected chi connectivity index (χ4v) is 3.47. The summed E-state index contributed by atoms with van der Waals surface area (Å²) in [6.45, 7) is 5.34. The Morgan fingerprint density at radius 1 is 1.48 bits per heavy atom. The van der Waals surface area contributed by atoms with Gasteiger partial charge in [0.2, 0.25) is 5.95 Å². The van der Waals surface area contributed by atoms with Crippen LogP contribution in [0.5, 0.6) is 0 Å². The zero-order chi connectivity index (χ0) is 15.2. The van der Waals surface area contributed by atoms with Crippen molar-refractivity contribution >= 4 is 17.1 Å². The predicted octanol–water partition coefficient (Wildman–Crippen LogP) is 0.747. The van der Waals surface area contributed by atoms with Gasteiger partial charge in [0, 0.05) is 13.2 Å². The Morgan fingerprint density at radius 3 is 2.86 bits per heavy atom. The Bertz CT molecular complexity index is 718. The van der Waals surface area contributed by atoms with Crippen molar-refractivity contribution in [1.29, 1.82) is 0 Å². The van der Waals surface area contributed by atoms with Crippen molar-refractivity contribution in [2.75, 3.05) is 12.3 Å². The molecule has 2 aromatic rings. The number of rotatable bonds is 3. The largest absolute Gasteiger partial charge is 0.396 e. The lowest BCUT2D eigenvalue weighted by Gasteiger charge is -2.32. The van der Waals surface area contributed by atoms with Gasteiger partial charge in [0.25, 0.3) is 5.56 Å². The van der Waals surface area contributed by atoms with E-state index < -0.39 is 0 Å². The van der Waals surface area contributed by atoms with Crippen LogP contribution in [0.2, 0.25) is 0 Å². The lowest BCUT2D eigenvalue weighted by Crippen LogP contribution is -2.30. The van der Waals surface area contributed by atoms with E-state index in [-0.39, 0.29) is 23.5 Å². The highest BCUT2D eigenvalue weighted by molar-refractivity contribution is 5.70. The van der Waals surface area contributed by atoms with Gasteiger partial charge in [-0.15, -0.1) is 0 Å². The van der Waals surface area contributed by atoms with E-state index in [1.807, 2.05) is 4.57 Å². The second-order valence-corrected chi connectivity index (χ2v) is 6.50. The summed E-state index contributed by atoms with van der Waals surface area (Å²) >= 11 is 0. The normalized spacial score (nSPS) is 24.7. The lowest BCUT2D eigenvalue weighted by molar-refractivity contribution is 0.107. The Hall–Kier alpha value is -1.89. The van der Waals surface area contributed by atoms with Crippen molar-refractivity contribution in [3.05, 3.63) is 16.7 Å². The first-order chi connectivity index (χ1) is 9.93. The molecule has 7 nitrogen and oxygen atoms in total. The number of aliphatic hydroxyl groups is 1. The first-order valence-corrected chi connectivity index (χ1v) is 7.25. The molecule has 0 aliphatic heterocycles. The zero-order valence-corrected chi connectivity index (χ0v) is 12.3. The summed E-state index contributed by atoms with van der Waals surface area (Å²) in [5.74, 6) is 0.834. The third-order valence-electron chi connectivity index (χ3n) is 5.10. The summed E-state index contributed by atoms with van der Waals surface area (Å²) in [6, 6.07) is 0. The molecule has 0 spiro atoms. The number of hydrogen-bond donors (Lipinski definition) is 3. The van der Waals surface area contributed by atoms with Gasteiger partial charge in [-0.1, -0.05) is 13.8 Å². The number of nitrogens with zero attached hydrogens (tertiary/aromatic N) is 3. The quantitative estimate of drug-likeness (QED) is 0.773. The van der Waals surface area contributed by atoms with Gasteiger partial charge in [-0.05, 0) is 30.1 Å². The number of nitrogens with two attached hydrogens (primary N) is 1. The summed E-state index contributed by atoms with van der Waals surface area (Å²) in [4.78, 5) is 22.6. The maximum atomic E-state index is 11.8. The third-order valence-corrected chi connectivity index (χ3v) is 5.10. The Morgan fingerprint density at radius 2 is 2.19 bits per heavy atom. The molecule has 0 unspecified atom stereocenters. The summed E-state index contributed by atoms with van der Waals surface area (Å²) < 4.78 is 1.90. The number of nitrogen functional groups attached to an aromatic ring is 1. The van der Waals surface area contributed by atoms with Crippen LogP contribution in [0.25, 0.3) is 11.2 Å². The standard InChI is InChI=1S/C14H21N5O2/c1-14(2)8(3-4-9(14)6-20)5-19-7-16-10-11(19)17-13(15)18-12(10)21/h7-9,20H,3-6H2,1-2H3,(H3,15,17,18,21)/t8-,9+/m1/s1. The highest BCUT2D eigenvalue weighted by Gasteiger charge is 2.42. The van der Waals surface area contributed by atoms with Gasteiger partial charge < -0.3 is 15.4 Å². The van der Waals surface area contributed by atoms with E-state index in [1.54, 1.807) is 6.33 Å². The SMILES string of the molecule is CC1(C)[C@H](CO)CC[C@@H]1Cn1cnc2c(=O)[nH]c(N)nc21. The molecule has 2 heterocycles. The highest BCUT2D eigenvalue weighted by Crippen LogP contribution is 2.47. The minimum Gasteiger partial charge on any atom is -0.396 e. The van der Waals surface area contributed by atoms with E-state index in [0.29, 0.717) is 23.0 Å². The number of aromatic nitrogens is 4. The Labute approximate surface area is 122 Å². The van der Waals surface area contributed by atoms with E-state index in [4.69, 9.17) is 5.73 Å². The maximum absolute atomic E-state index is 11.8. The molecule has 0 amide bonds. The monoisotopic (exact) mass is 291 g/mol. The van der Waals surface area contributed by atoms with E-state index >= 15 is 0 Å². The zero-order valence-electron chi connectivity index (χ0n) is 12.3. The fraction of sp³-hybridized carbons (Fsp3) is 0.643. The predicted molar refractivity (Wildman–Crippen MR) is 79.6 cm³/mol. The summed E-state index contributed by atoms with van der Waals surface area (Å²) in [5, 5.41) is 9.50. The van der Waals surface area contributed by atoms with E-state index in [9.17, 15) is 9.90 Å². The number of fused-ring (bicyclic) bond motifs is 1. The van der Waals surface area contributed by atoms with Crippen molar-refractivity contribution in [3.8, 4) is 0 Å². The van der Waals surface area contributed by atoms with Crippen molar-refractivity contribution in [3.63, 3.8) is 0 Å². The van der Waals surface area contributed by atoms with Crippen molar-refractivity contribution in [1.82, 2.24) is 19.5 Å². The van der Waals surface area contributed by atoms with E-state index in [0.717, 1.165) is 19.4 Å². The maximum Gasteiger partial charge on any atom is 0.280 e. The molecule has 0 bridgehead atoms. The average Bonchev–Trinajstić information content (AvgIpc) is 2.92. The third kappa shape index (κ3) is 2.21. The number of hydrogen-bond acceptors (Lipinski definition) is 5. The van der Waals surface area contributed by atoms with Gasteiger partial charge in [-0.3, -0.25) is 9.78 Å². The molecule has 1 fully saturated rings. The molecule has 0 saturated heterocycles. The van der Waals surface area contributed by atoms with Crippen LogP contribution < -0.4 is 11.3 Å². The molecular weight excluding hydrogens is 270 g/mol. The van der Waals surface area contributed by atoms with Crippen LogP contribution in [0, 0.1) is 17.3 Å². The molecule has 1 saturated carbocycles. The van der Waals surface area contributed by atoms with Crippen molar-refractivity contribution < 1.29 is 5.11 Å². The molecule has 2 atom stereocenters. The Kier molecular flexibility index (Phi) is 3.24. The molecule has 0 aromatic carbocycles. The average molecular weight is 291 g/mol. The van der Waals surface area contributed by atoms with Crippen molar-refractivity contribution in [2.24, 2.45) is 17.3 Å². The molecule has 0 radical (unpaired) electrons. The van der Waals surface area contributed by atoms with Gasteiger partial charge in [0.05, 0.1) is 6.33 Å². The van der Waals surface area contributed by atoms with Crippen molar-refractivity contribution in [2.45, 2.75) is 33.2 Å². The minimum absolute atomic E-state index is 0.0537. The van der Waals surface area contributed by atoms with Crippen LogP contribution in [0.1, 0.15) is 26.7 Å². The van der Waals surface area contributed by atoms with Crippen LogP contribution in [0.4, 0.5) is 5.95 Å². The van der Waals surface area contributed by atoms with E-state index in [2.05, 4.69) is 28.8 Å². The second kappa shape index (κ2) is 4.84. The van der Waals surface area contributed by atoms with Crippen LogP contribution in [0.15, 0.2) is 11.1 Å². The van der Waals surface area contributed by atoms with Crippen LogP contribution in [0.3, 0.4) is 0 Å². The van der Waals surface area contributed by atoms with Gasteiger partial charge >= 0.3 is 0 Å². The van der Waals surface area contributed by atoms with Gasteiger partial charge in [-0.25, -0.2) is 4.98 Å². The van der Waals surface area contributed by atoms with Gasteiger partial charge in [0.15, 0.2) is 11.2 Å². The molecule has 114 valence electrons. The lowest BCUT2D eigenvalue weighted by atomic mass is 9.76. The Balaban J connectivity index is 1.94. The number of H-pyrrole nitrogens is 1. The molecular formula is C14H21N5O2. The summed E-state index contributed by atoms with van der Waals surface area (Å²) in [5.41, 5.74) is 6.21. The highest BCUT2D eigenvalue weighted by atomic mass is 16.3. The topological polar surface area (TPSA) is 110 Å². The van der Waals surface area contributed by atoms with Crippen LogP contribution in [-0.4, -0.2) is 31.2 Å². The first kappa shape index (κ1) is 14.1. The molecule has 1 aliphatic rings. The summed E-state index contributed by atoms with van der Waals surface area (Å²) in [7, 11) is 0. The molecule has 2 aromatic heterocycles. The number of imidazole rings is 1. The van der Waals surface area contributed by atoms with Gasteiger partial charge in [0.1, 0.15) is 0 Å². The molecule has 21 heavy (non-hydrogen) atoms. The van der Waals surface area contributed by atoms with Gasteiger partial charge in [-0.2, -0.15) is 4.98 Å². The second-order valence-electron chi connectivity index (χ2n) is 6.50. The molecule has 7 heteroatoms.